The van der Waals surface area contributed by atoms with Crippen molar-refractivity contribution in [2.24, 2.45) is 0 Å². The van der Waals surface area contributed by atoms with Gasteiger partial charge in [0, 0.05) is 24.5 Å². The van der Waals surface area contributed by atoms with Crippen LogP contribution in [-0.2, 0) is 13.1 Å². The Morgan fingerprint density at radius 1 is 0.588 bits per heavy atom. The van der Waals surface area contributed by atoms with Crippen LogP contribution in [0, 0.1) is 0 Å². The Kier molecular flexibility index (Phi) is 10.4. The van der Waals surface area contributed by atoms with Gasteiger partial charge in [-0.15, -0.1) is 0 Å². The van der Waals surface area contributed by atoms with Crippen molar-refractivity contribution in [1.29, 1.82) is 0 Å². The molecule has 34 heavy (non-hydrogen) atoms. The Bertz CT molecular complexity index is 1150. The molecule has 8 heteroatoms. The molecule has 0 saturated heterocycles. The molecular formula is C26H20Br2Cl4N2. The first-order valence-corrected chi connectivity index (χ1v) is 13.2. The van der Waals surface area contributed by atoms with Gasteiger partial charge in [0.1, 0.15) is 0 Å². The molecule has 0 amide bonds. The molecule has 0 saturated carbocycles. The molecule has 176 valence electrons. The molecule has 4 aromatic rings. The summed E-state index contributed by atoms with van der Waals surface area (Å²) in [6, 6.07) is 27.9. The van der Waals surface area contributed by atoms with Crippen LogP contribution in [0.4, 0.5) is 11.4 Å². The van der Waals surface area contributed by atoms with E-state index in [1.165, 1.54) is 11.1 Å². The SMILES string of the molecule is Clc1cc(N(Cc2ccccc2)Cc2ccccc2)cc(Cl)c1Br.Nc1cc(Cl)c(Br)c(Cl)c1. The molecule has 0 fully saturated rings. The van der Waals surface area contributed by atoms with Crippen LogP contribution in [-0.4, -0.2) is 0 Å². The van der Waals surface area contributed by atoms with Crippen molar-refractivity contribution in [1.82, 2.24) is 0 Å². The third kappa shape index (κ3) is 7.81. The van der Waals surface area contributed by atoms with E-state index in [0.717, 1.165) is 23.2 Å². The minimum atomic E-state index is 0.532. The minimum Gasteiger partial charge on any atom is -0.399 e. The quantitative estimate of drug-likeness (QED) is 0.170. The smallest absolute Gasteiger partial charge is 0.0583 e. The van der Waals surface area contributed by atoms with Crippen molar-refractivity contribution >= 4 is 89.6 Å². The van der Waals surface area contributed by atoms with Gasteiger partial charge in [0.15, 0.2) is 0 Å². The van der Waals surface area contributed by atoms with Crippen molar-refractivity contribution in [2.45, 2.75) is 13.1 Å². The lowest BCUT2D eigenvalue weighted by Gasteiger charge is -2.26. The van der Waals surface area contributed by atoms with Crippen molar-refractivity contribution in [2.75, 3.05) is 10.6 Å². The second-order valence-electron chi connectivity index (χ2n) is 7.35. The van der Waals surface area contributed by atoms with Gasteiger partial charge < -0.3 is 10.6 Å². The number of hydrogen-bond acceptors (Lipinski definition) is 2. The van der Waals surface area contributed by atoms with Crippen LogP contribution in [0.1, 0.15) is 11.1 Å². The van der Waals surface area contributed by atoms with E-state index < -0.39 is 0 Å². The number of rotatable bonds is 5. The first kappa shape index (κ1) is 27.2. The highest BCUT2D eigenvalue weighted by molar-refractivity contribution is 9.11. The Hall–Kier alpha value is -1.40. The van der Waals surface area contributed by atoms with Crippen LogP contribution in [0.3, 0.4) is 0 Å². The molecule has 0 unspecified atom stereocenters. The molecule has 0 atom stereocenters. The highest BCUT2D eigenvalue weighted by Crippen LogP contribution is 2.36. The molecule has 0 aromatic heterocycles. The van der Waals surface area contributed by atoms with Gasteiger partial charge in [0.05, 0.1) is 29.0 Å². The maximum atomic E-state index is 6.31. The van der Waals surface area contributed by atoms with Gasteiger partial charge in [-0.05, 0) is 67.3 Å². The van der Waals surface area contributed by atoms with Gasteiger partial charge in [-0.2, -0.15) is 0 Å². The van der Waals surface area contributed by atoms with Gasteiger partial charge in [0.2, 0.25) is 0 Å². The number of halogens is 6. The van der Waals surface area contributed by atoms with E-state index in [0.29, 0.717) is 30.3 Å². The van der Waals surface area contributed by atoms with Crippen LogP contribution in [0.25, 0.3) is 0 Å². The third-order valence-corrected chi connectivity index (χ3v) is 8.59. The Labute approximate surface area is 236 Å². The molecule has 0 spiro atoms. The highest BCUT2D eigenvalue weighted by Gasteiger charge is 2.13. The molecule has 0 heterocycles. The van der Waals surface area contributed by atoms with E-state index in [1.807, 2.05) is 24.3 Å². The van der Waals surface area contributed by atoms with Crippen molar-refractivity contribution in [3.05, 3.63) is 125 Å². The first-order chi connectivity index (χ1) is 16.2. The fourth-order valence-corrected chi connectivity index (χ4v) is 4.58. The average molecular weight is 662 g/mol. The summed E-state index contributed by atoms with van der Waals surface area (Å²) >= 11 is 30.6. The number of nitrogens with two attached hydrogens (primary N) is 1. The summed E-state index contributed by atoms with van der Waals surface area (Å²) in [6.07, 6.45) is 0. The molecule has 2 nitrogen and oxygen atoms in total. The largest absolute Gasteiger partial charge is 0.399 e. The Morgan fingerprint density at radius 2 is 0.941 bits per heavy atom. The number of hydrogen-bond donors (Lipinski definition) is 1. The minimum absolute atomic E-state index is 0.532. The average Bonchev–Trinajstić information content (AvgIpc) is 2.82. The van der Waals surface area contributed by atoms with Gasteiger partial charge >= 0.3 is 0 Å². The van der Waals surface area contributed by atoms with Crippen LogP contribution in [0.2, 0.25) is 20.1 Å². The summed E-state index contributed by atoms with van der Waals surface area (Å²) in [5.74, 6) is 0. The van der Waals surface area contributed by atoms with Gasteiger partial charge in [-0.25, -0.2) is 0 Å². The van der Waals surface area contributed by atoms with Gasteiger partial charge in [-0.3, -0.25) is 0 Å². The second kappa shape index (κ2) is 13.1. The second-order valence-corrected chi connectivity index (χ2v) is 10.6. The monoisotopic (exact) mass is 658 g/mol. The zero-order valence-corrected chi connectivity index (χ0v) is 24.0. The van der Waals surface area contributed by atoms with E-state index in [4.69, 9.17) is 52.1 Å². The fraction of sp³-hybridized carbons (Fsp3) is 0.0769. The number of benzene rings is 4. The van der Waals surface area contributed by atoms with Crippen LogP contribution in [0.5, 0.6) is 0 Å². The zero-order chi connectivity index (χ0) is 24.7. The van der Waals surface area contributed by atoms with Crippen molar-refractivity contribution < 1.29 is 0 Å². The Morgan fingerprint density at radius 3 is 1.32 bits per heavy atom. The van der Waals surface area contributed by atoms with E-state index in [9.17, 15) is 0 Å². The lowest BCUT2D eigenvalue weighted by molar-refractivity contribution is 0.800. The summed E-state index contributed by atoms with van der Waals surface area (Å²) in [5.41, 5.74) is 9.49. The lowest BCUT2D eigenvalue weighted by Crippen LogP contribution is -2.22. The summed E-state index contributed by atoms with van der Waals surface area (Å²) in [6.45, 7) is 1.56. The normalized spacial score (nSPS) is 10.4. The molecular weight excluding hydrogens is 642 g/mol. The molecule has 0 radical (unpaired) electrons. The predicted molar refractivity (Wildman–Crippen MR) is 156 cm³/mol. The van der Waals surface area contributed by atoms with Crippen molar-refractivity contribution in [3.8, 4) is 0 Å². The molecule has 2 N–H and O–H groups in total. The maximum absolute atomic E-state index is 6.31. The summed E-state index contributed by atoms with van der Waals surface area (Å²) < 4.78 is 1.42. The topological polar surface area (TPSA) is 29.3 Å². The number of anilines is 2. The maximum Gasteiger partial charge on any atom is 0.0583 e. The third-order valence-electron chi connectivity index (χ3n) is 4.77. The summed E-state index contributed by atoms with van der Waals surface area (Å²) in [7, 11) is 0. The van der Waals surface area contributed by atoms with E-state index >= 15 is 0 Å². The summed E-state index contributed by atoms with van der Waals surface area (Å²) in [4.78, 5) is 2.27. The molecule has 0 aliphatic rings. The molecule has 4 rings (SSSR count). The van der Waals surface area contributed by atoms with Gasteiger partial charge in [-0.1, -0.05) is 107 Å². The Balaban J connectivity index is 0.000000271. The van der Waals surface area contributed by atoms with E-state index in [2.05, 4.69) is 85.3 Å². The molecule has 0 aliphatic heterocycles. The molecule has 0 aliphatic carbocycles. The van der Waals surface area contributed by atoms with Crippen LogP contribution < -0.4 is 10.6 Å². The number of nitrogen functional groups attached to an aromatic ring is 1. The lowest BCUT2D eigenvalue weighted by atomic mass is 10.1. The predicted octanol–water partition coefficient (Wildman–Crippen LogP) is 10.3. The zero-order valence-electron chi connectivity index (χ0n) is 17.8. The van der Waals surface area contributed by atoms with Gasteiger partial charge in [0.25, 0.3) is 0 Å². The number of nitrogens with zero attached hydrogens (tertiary/aromatic N) is 1. The molecule has 0 bridgehead atoms. The highest BCUT2D eigenvalue weighted by atomic mass is 79.9. The molecule has 4 aromatic carbocycles. The summed E-state index contributed by atoms with van der Waals surface area (Å²) in [5, 5.41) is 2.29. The van der Waals surface area contributed by atoms with E-state index in [-0.39, 0.29) is 0 Å². The standard InChI is InChI=1S/C20H16BrCl2N.C6H4BrCl2N/c21-20-18(22)11-17(12-19(20)23)24(13-15-7-3-1-4-8-15)14-16-9-5-2-6-10-16;7-6-4(8)1-3(10)2-5(6)9/h1-12H,13-14H2;1-2H,10H2. The fourth-order valence-electron chi connectivity index (χ4n) is 3.15. The van der Waals surface area contributed by atoms with Crippen LogP contribution in [0.15, 0.2) is 93.9 Å². The van der Waals surface area contributed by atoms with Crippen molar-refractivity contribution in [3.63, 3.8) is 0 Å². The first-order valence-electron chi connectivity index (χ1n) is 10.1. The van der Waals surface area contributed by atoms with Crippen LogP contribution >= 0.6 is 78.3 Å². The van der Waals surface area contributed by atoms with E-state index in [1.54, 1.807) is 12.1 Å².